The fraction of sp³-hybridized carbons (Fsp3) is 0.462. The molecule has 1 aliphatic carbocycles. The Morgan fingerprint density at radius 1 is 1.59 bits per heavy atom. The summed E-state index contributed by atoms with van der Waals surface area (Å²) in [6.07, 6.45) is 3.35. The van der Waals surface area contributed by atoms with E-state index in [1.807, 2.05) is 0 Å². The highest BCUT2D eigenvalue weighted by molar-refractivity contribution is 9.10. The number of hydrogen-bond donors (Lipinski definition) is 1. The Hall–Kier alpha value is -0.900. The molecule has 2 atom stereocenters. The molecule has 0 spiro atoms. The van der Waals surface area contributed by atoms with Crippen molar-refractivity contribution in [3.63, 3.8) is 0 Å². The van der Waals surface area contributed by atoms with Gasteiger partial charge in [0, 0.05) is 11.6 Å². The maximum absolute atomic E-state index is 13.3. The van der Waals surface area contributed by atoms with Gasteiger partial charge in [0.25, 0.3) is 5.91 Å². The Morgan fingerprint density at radius 3 is 3.00 bits per heavy atom. The number of halogens is 2. The van der Waals surface area contributed by atoms with E-state index in [0.29, 0.717) is 16.0 Å². The zero-order chi connectivity index (χ0) is 12.4. The van der Waals surface area contributed by atoms with Crippen molar-refractivity contribution >= 4 is 21.8 Å². The highest BCUT2D eigenvalue weighted by Crippen LogP contribution is 2.34. The van der Waals surface area contributed by atoms with Crippen molar-refractivity contribution in [3.05, 3.63) is 34.1 Å². The van der Waals surface area contributed by atoms with Crippen LogP contribution in [0.3, 0.4) is 0 Å². The van der Waals surface area contributed by atoms with Gasteiger partial charge in [0.15, 0.2) is 0 Å². The van der Waals surface area contributed by atoms with Gasteiger partial charge in [-0.05, 0) is 52.9 Å². The molecule has 17 heavy (non-hydrogen) atoms. The molecule has 1 saturated carbocycles. The molecule has 1 aromatic carbocycles. The summed E-state index contributed by atoms with van der Waals surface area (Å²) in [6.45, 7) is 2.14. The third-order valence-corrected chi connectivity index (χ3v) is 3.72. The van der Waals surface area contributed by atoms with E-state index in [1.165, 1.54) is 6.07 Å². The van der Waals surface area contributed by atoms with E-state index in [-0.39, 0.29) is 11.9 Å². The monoisotopic (exact) mass is 299 g/mol. The van der Waals surface area contributed by atoms with Gasteiger partial charge in [-0.15, -0.1) is 0 Å². The lowest BCUT2D eigenvalue weighted by molar-refractivity contribution is 0.0948. The highest BCUT2D eigenvalue weighted by Gasteiger charge is 2.37. The summed E-state index contributed by atoms with van der Waals surface area (Å²) in [4.78, 5) is 11.8. The van der Waals surface area contributed by atoms with E-state index in [4.69, 9.17) is 0 Å². The van der Waals surface area contributed by atoms with Crippen molar-refractivity contribution in [2.75, 3.05) is 0 Å². The van der Waals surface area contributed by atoms with Crippen molar-refractivity contribution in [3.8, 4) is 0 Å². The van der Waals surface area contributed by atoms with E-state index in [9.17, 15) is 9.18 Å². The molecule has 92 valence electrons. The fourth-order valence-corrected chi connectivity index (χ4v) is 2.25. The van der Waals surface area contributed by atoms with Gasteiger partial charge in [-0.25, -0.2) is 4.39 Å². The van der Waals surface area contributed by atoms with Crippen LogP contribution < -0.4 is 5.32 Å². The zero-order valence-corrected chi connectivity index (χ0v) is 11.3. The minimum absolute atomic E-state index is 0.181. The molecule has 1 aromatic rings. The smallest absolute Gasteiger partial charge is 0.251 e. The molecule has 0 saturated heterocycles. The first-order chi connectivity index (χ1) is 8.11. The van der Waals surface area contributed by atoms with Crippen LogP contribution in [0, 0.1) is 11.7 Å². The van der Waals surface area contributed by atoms with Crippen LogP contribution in [-0.2, 0) is 0 Å². The van der Waals surface area contributed by atoms with Crippen LogP contribution in [-0.4, -0.2) is 11.9 Å². The second kappa shape index (κ2) is 5.17. The van der Waals surface area contributed by atoms with E-state index in [2.05, 4.69) is 28.2 Å². The van der Waals surface area contributed by atoms with Crippen LogP contribution in [0.25, 0.3) is 0 Å². The van der Waals surface area contributed by atoms with Gasteiger partial charge in [-0.1, -0.05) is 13.3 Å². The Kier molecular flexibility index (Phi) is 3.82. The van der Waals surface area contributed by atoms with Gasteiger partial charge in [-0.2, -0.15) is 0 Å². The maximum atomic E-state index is 13.3. The van der Waals surface area contributed by atoms with Gasteiger partial charge in [0.1, 0.15) is 5.82 Å². The molecule has 1 fully saturated rings. The Balaban J connectivity index is 1.94. The van der Waals surface area contributed by atoms with E-state index >= 15 is 0 Å². The number of hydrogen-bond acceptors (Lipinski definition) is 1. The second-order valence-corrected chi connectivity index (χ2v) is 5.35. The third-order valence-electron chi connectivity index (χ3n) is 3.08. The van der Waals surface area contributed by atoms with Crippen molar-refractivity contribution in [2.45, 2.75) is 32.2 Å². The number of carbonyl (C=O) groups is 1. The summed E-state index contributed by atoms with van der Waals surface area (Å²) in [6, 6.07) is 4.73. The predicted octanol–water partition coefficient (Wildman–Crippen LogP) is 3.51. The van der Waals surface area contributed by atoms with Crippen LogP contribution in [0.1, 0.15) is 36.5 Å². The van der Waals surface area contributed by atoms with E-state index in [0.717, 1.165) is 19.3 Å². The zero-order valence-electron chi connectivity index (χ0n) is 9.67. The first kappa shape index (κ1) is 12.6. The number of rotatable bonds is 4. The first-order valence-corrected chi connectivity index (χ1v) is 6.67. The average Bonchev–Trinajstić information content (AvgIpc) is 3.01. The standard InChI is InChI=1S/C13H15BrFNO/c1-2-3-8-7-12(8)16-13(17)9-4-5-10(14)11(15)6-9/h4-6,8,12H,2-3,7H2,1H3,(H,16,17). The van der Waals surface area contributed by atoms with Gasteiger partial charge in [0.2, 0.25) is 0 Å². The molecule has 0 bridgehead atoms. The lowest BCUT2D eigenvalue weighted by Crippen LogP contribution is -2.26. The van der Waals surface area contributed by atoms with E-state index < -0.39 is 5.82 Å². The van der Waals surface area contributed by atoms with E-state index in [1.54, 1.807) is 12.1 Å². The summed E-state index contributed by atoms with van der Waals surface area (Å²) in [5.41, 5.74) is 0.382. The highest BCUT2D eigenvalue weighted by atomic mass is 79.9. The second-order valence-electron chi connectivity index (χ2n) is 4.49. The third kappa shape index (κ3) is 3.06. The minimum atomic E-state index is -0.404. The van der Waals surface area contributed by atoms with Crippen LogP contribution in [0.5, 0.6) is 0 Å². The molecule has 0 heterocycles. The largest absolute Gasteiger partial charge is 0.349 e. The number of benzene rings is 1. The molecule has 2 nitrogen and oxygen atoms in total. The number of carbonyl (C=O) groups excluding carboxylic acids is 1. The first-order valence-electron chi connectivity index (χ1n) is 5.87. The van der Waals surface area contributed by atoms with Gasteiger partial charge in [-0.3, -0.25) is 4.79 Å². The Bertz CT molecular complexity index is 435. The molecular weight excluding hydrogens is 285 g/mol. The van der Waals surface area contributed by atoms with Crippen molar-refractivity contribution in [1.29, 1.82) is 0 Å². The minimum Gasteiger partial charge on any atom is -0.349 e. The lowest BCUT2D eigenvalue weighted by atomic mass is 10.2. The van der Waals surface area contributed by atoms with Gasteiger partial charge in [0.05, 0.1) is 4.47 Å². The number of amides is 1. The van der Waals surface area contributed by atoms with Crippen molar-refractivity contribution in [2.24, 2.45) is 5.92 Å². The summed E-state index contributed by atoms with van der Waals surface area (Å²) in [5, 5.41) is 2.93. The molecule has 0 aliphatic heterocycles. The Morgan fingerprint density at radius 2 is 2.35 bits per heavy atom. The molecule has 1 N–H and O–H groups in total. The molecule has 2 rings (SSSR count). The molecule has 0 aromatic heterocycles. The fourth-order valence-electron chi connectivity index (χ4n) is 2.00. The predicted molar refractivity (Wildman–Crippen MR) is 68.4 cm³/mol. The normalized spacial score (nSPS) is 22.3. The molecule has 1 amide bonds. The molecule has 1 aliphatic rings. The summed E-state index contributed by atoms with van der Waals surface area (Å²) >= 11 is 3.07. The van der Waals surface area contributed by atoms with Crippen molar-refractivity contribution in [1.82, 2.24) is 5.32 Å². The lowest BCUT2D eigenvalue weighted by Gasteiger charge is -2.05. The molecule has 2 unspecified atom stereocenters. The molecule has 4 heteroatoms. The summed E-state index contributed by atoms with van der Waals surface area (Å²) in [7, 11) is 0. The van der Waals surface area contributed by atoms with Gasteiger partial charge >= 0.3 is 0 Å². The maximum Gasteiger partial charge on any atom is 0.251 e. The van der Waals surface area contributed by atoms with Crippen LogP contribution in [0.4, 0.5) is 4.39 Å². The average molecular weight is 300 g/mol. The Labute approximate surface area is 109 Å². The molecule has 0 radical (unpaired) electrons. The summed E-state index contributed by atoms with van der Waals surface area (Å²) < 4.78 is 13.6. The SMILES string of the molecule is CCCC1CC1NC(=O)c1ccc(Br)c(F)c1. The van der Waals surface area contributed by atoms with Crippen LogP contribution >= 0.6 is 15.9 Å². The quantitative estimate of drug-likeness (QED) is 0.906. The van der Waals surface area contributed by atoms with Crippen LogP contribution in [0.2, 0.25) is 0 Å². The van der Waals surface area contributed by atoms with Crippen LogP contribution in [0.15, 0.2) is 22.7 Å². The topological polar surface area (TPSA) is 29.1 Å². The molecular formula is C13H15BrFNO. The van der Waals surface area contributed by atoms with Gasteiger partial charge < -0.3 is 5.32 Å². The number of nitrogens with one attached hydrogen (secondary N) is 1. The van der Waals surface area contributed by atoms with Crippen molar-refractivity contribution < 1.29 is 9.18 Å². The summed E-state index contributed by atoms with van der Waals surface area (Å²) in [5.74, 6) is 0.0304.